The SMILES string of the molecule is c1ccc(B(OB(ON2CCCC2)c2ccccc2)ON2CCCC2)cc1. The maximum Gasteiger partial charge on any atom is 0.498 e. The monoisotopic (exact) mass is 364 g/mol. The number of benzene rings is 2. The first-order valence-corrected chi connectivity index (χ1v) is 9.97. The summed E-state index contributed by atoms with van der Waals surface area (Å²) in [5.41, 5.74) is 1.99. The van der Waals surface area contributed by atoms with Gasteiger partial charge in [-0.05, 0) is 36.6 Å². The van der Waals surface area contributed by atoms with Gasteiger partial charge in [0, 0.05) is 26.2 Å². The molecule has 140 valence electrons. The Morgan fingerprint density at radius 2 is 0.926 bits per heavy atom. The minimum Gasteiger partial charge on any atom is -0.441 e. The molecule has 0 saturated carbocycles. The van der Waals surface area contributed by atoms with E-state index in [0.29, 0.717) is 0 Å². The molecular formula is C20H26B2N2O3. The van der Waals surface area contributed by atoms with E-state index in [-0.39, 0.29) is 0 Å². The van der Waals surface area contributed by atoms with E-state index in [2.05, 4.69) is 0 Å². The number of hydroxylamine groups is 4. The van der Waals surface area contributed by atoms with Crippen LogP contribution in [-0.4, -0.2) is 50.5 Å². The summed E-state index contributed by atoms with van der Waals surface area (Å²) >= 11 is 0. The van der Waals surface area contributed by atoms with Crippen LogP contribution in [0.3, 0.4) is 0 Å². The van der Waals surface area contributed by atoms with Crippen LogP contribution in [0.5, 0.6) is 0 Å². The molecule has 2 aliphatic heterocycles. The fourth-order valence-corrected chi connectivity index (χ4v) is 3.52. The molecule has 0 atom stereocenters. The lowest BCUT2D eigenvalue weighted by Crippen LogP contribution is -2.52. The first-order valence-electron chi connectivity index (χ1n) is 9.97. The third kappa shape index (κ3) is 5.21. The third-order valence-electron chi connectivity index (χ3n) is 5.01. The fraction of sp³-hybridized carbons (Fsp3) is 0.400. The summed E-state index contributed by atoms with van der Waals surface area (Å²) in [5, 5.41) is 4.02. The van der Waals surface area contributed by atoms with Gasteiger partial charge in [0.15, 0.2) is 0 Å². The third-order valence-corrected chi connectivity index (χ3v) is 5.01. The summed E-state index contributed by atoms with van der Waals surface area (Å²) < 4.78 is 18.9. The second-order valence-corrected chi connectivity index (χ2v) is 7.10. The Labute approximate surface area is 162 Å². The van der Waals surface area contributed by atoms with Crippen molar-refractivity contribution in [2.45, 2.75) is 25.7 Å². The summed E-state index contributed by atoms with van der Waals surface area (Å²) in [5.74, 6) is 0. The largest absolute Gasteiger partial charge is 0.498 e. The summed E-state index contributed by atoms with van der Waals surface area (Å²) in [6.07, 6.45) is 4.64. The molecule has 2 saturated heterocycles. The van der Waals surface area contributed by atoms with Gasteiger partial charge < -0.3 is 14.1 Å². The summed E-state index contributed by atoms with van der Waals surface area (Å²) in [6.45, 7) is 3.76. The predicted octanol–water partition coefficient (Wildman–Crippen LogP) is 1.85. The standard InChI is InChI=1S/C20H26B2N2O3/c1-3-11-19(12-4-1)21(26-23-15-7-8-16-23)25-22(20-13-5-2-6-14-20)27-24-17-9-10-18-24/h1-6,11-14H,7-10,15-18H2. The first kappa shape index (κ1) is 18.7. The molecule has 0 N–H and O–H groups in total. The molecule has 0 spiro atoms. The smallest absolute Gasteiger partial charge is 0.441 e. The second-order valence-electron chi connectivity index (χ2n) is 7.10. The Bertz CT molecular complexity index is 621. The summed E-state index contributed by atoms with van der Waals surface area (Å²) in [6, 6.07) is 20.2. The zero-order valence-corrected chi connectivity index (χ0v) is 15.7. The molecular weight excluding hydrogens is 338 g/mol. The highest BCUT2D eigenvalue weighted by Crippen LogP contribution is 2.13. The molecule has 2 aromatic carbocycles. The van der Waals surface area contributed by atoms with Gasteiger partial charge in [0.1, 0.15) is 0 Å². The van der Waals surface area contributed by atoms with Crippen LogP contribution in [0.15, 0.2) is 60.7 Å². The Kier molecular flexibility index (Phi) is 6.61. The Morgan fingerprint density at radius 1 is 0.556 bits per heavy atom. The molecule has 0 aliphatic carbocycles. The molecule has 2 aromatic rings. The lowest BCUT2D eigenvalue weighted by molar-refractivity contribution is -0.0678. The van der Waals surface area contributed by atoms with Gasteiger partial charge in [-0.25, -0.2) is 10.1 Å². The molecule has 4 rings (SSSR count). The second kappa shape index (κ2) is 9.53. The van der Waals surface area contributed by atoms with E-state index in [9.17, 15) is 0 Å². The van der Waals surface area contributed by atoms with Crippen molar-refractivity contribution in [2.75, 3.05) is 26.2 Å². The molecule has 0 bridgehead atoms. The van der Waals surface area contributed by atoms with Crippen molar-refractivity contribution in [2.24, 2.45) is 0 Å². The lowest BCUT2D eigenvalue weighted by atomic mass is 9.71. The number of hydrogen-bond acceptors (Lipinski definition) is 5. The predicted molar refractivity (Wildman–Crippen MR) is 109 cm³/mol. The van der Waals surface area contributed by atoms with E-state index in [4.69, 9.17) is 14.1 Å². The maximum atomic E-state index is 6.42. The molecule has 2 aliphatic rings. The molecule has 27 heavy (non-hydrogen) atoms. The van der Waals surface area contributed by atoms with Crippen LogP contribution in [0.2, 0.25) is 0 Å². The molecule has 2 heterocycles. The van der Waals surface area contributed by atoms with Gasteiger partial charge in [-0.3, -0.25) is 0 Å². The zero-order chi connectivity index (χ0) is 18.3. The van der Waals surface area contributed by atoms with Crippen molar-refractivity contribution >= 4 is 25.2 Å². The fourth-order valence-electron chi connectivity index (χ4n) is 3.52. The van der Waals surface area contributed by atoms with Crippen molar-refractivity contribution < 1.29 is 14.1 Å². The first-order chi connectivity index (χ1) is 13.4. The van der Waals surface area contributed by atoms with Crippen LogP contribution in [0, 0.1) is 0 Å². The van der Waals surface area contributed by atoms with Crippen LogP contribution in [0.1, 0.15) is 25.7 Å². The highest BCUT2D eigenvalue weighted by molar-refractivity contribution is 6.74. The van der Waals surface area contributed by atoms with Crippen LogP contribution in [0.25, 0.3) is 0 Å². The van der Waals surface area contributed by atoms with Gasteiger partial charge in [-0.2, -0.15) is 0 Å². The Hall–Kier alpha value is -1.63. The highest BCUT2D eigenvalue weighted by atomic mass is 16.8. The van der Waals surface area contributed by atoms with Crippen molar-refractivity contribution in [1.82, 2.24) is 10.1 Å². The van der Waals surface area contributed by atoms with Crippen molar-refractivity contribution in [3.63, 3.8) is 0 Å². The quantitative estimate of drug-likeness (QED) is 0.668. The Morgan fingerprint density at radius 3 is 1.30 bits per heavy atom. The molecule has 7 heteroatoms. The lowest BCUT2D eigenvalue weighted by Gasteiger charge is -2.27. The van der Waals surface area contributed by atoms with E-state index >= 15 is 0 Å². The molecule has 5 nitrogen and oxygen atoms in total. The van der Waals surface area contributed by atoms with Gasteiger partial charge >= 0.3 is 14.2 Å². The minimum absolute atomic E-state index is 0.503. The van der Waals surface area contributed by atoms with Crippen LogP contribution in [0.4, 0.5) is 0 Å². The van der Waals surface area contributed by atoms with Crippen LogP contribution in [-0.2, 0) is 14.1 Å². The average Bonchev–Trinajstić information content (AvgIpc) is 3.42. The van der Waals surface area contributed by atoms with Gasteiger partial charge in [0.25, 0.3) is 0 Å². The van der Waals surface area contributed by atoms with Crippen LogP contribution < -0.4 is 10.9 Å². The van der Waals surface area contributed by atoms with Gasteiger partial charge in [-0.15, -0.1) is 0 Å². The topological polar surface area (TPSA) is 34.2 Å². The van der Waals surface area contributed by atoms with E-state index < -0.39 is 14.2 Å². The van der Waals surface area contributed by atoms with Crippen molar-refractivity contribution in [3.8, 4) is 0 Å². The summed E-state index contributed by atoms with van der Waals surface area (Å²) in [4.78, 5) is 0. The van der Waals surface area contributed by atoms with Crippen molar-refractivity contribution in [3.05, 3.63) is 60.7 Å². The van der Waals surface area contributed by atoms with Crippen molar-refractivity contribution in [1.29, 1.82) is 0 Å². The van der Waals surface area contributed by atoms with Gasteiger partial charge in [-0.1, -0.05) is 60.7 Å². The highest BCUT2D eigenvalue weighted by Gasteiger charge is 2.35. The van der Waals surface area contributed by atoms with E-state index in [0.717, 1.165) is 62.8 Å². The van der Waals surface area contributed by atoms with E-state index in [1.165, 1.54) is 0 Å². The molecule has 0 aromatic heterocycles. The normalized spacial score (nSPS) is 18.1. The average molecular weight is 364 g/mol. The van der Waals surface area contributed by atoms with Crippen LogP contribution >= 0.6 is 0 Å². The zero-order valence-electron chi connectivity index (χ0n) is 15.7. The minimum atomic E-state index is -0.503. The van der Waals surface area contributed by atoms with Gasteiger partial charge in [0.2, 0.25) is 0 Å². The van der Waals surface area contributed by atoms with E-state index in [1.807, 2.05) is 70.8 Å². The molecule has 2 fully saturated rings. The number of rotatable bonds is 8. The van der Waals surface area contributed by atoms with E-state index in [1.54, 1.807) is 0 Å². The molecule has 0 radical (unpaired) electrons. The number of nitrogens with zero attached hydrogens (tertiary/aromatic N) is 2. The molecule has 0 unspecified atom stereocenters. The van der Waals surface area contributed by atoms with Gasteiger partial charge in [0.05, 0.1) is 0 Å². The summed E-state index contributed by atoms with van der Waals surface area (Å²) in [7, 11) is -1.01. The maximum absolute atomic E-state index is 6.42. The number of hydrogen-bond donors (Lipinski definition) is 0. The Balaban J connectivity index is 1.54. The molecule has 0 amide bonds.